The van der Waals surface area contributed by atoms with Gasteiger partial charge in [-0.25, -0.2) is 9.38 Å². The molecule has 0 atom stereocenters. The van der Waals surface area contributed by atoms with Crippen molar-refractivity contribution in [2.75, 3.05) is 26.3 Å². The van der Waals surface area contributed by atoms with Crippen molar-refractivity contribution < 1.29 is 9.13 Å². The lowest BCUT2D eigenvalue weighted by Crippen LogP contribution is -2.43. The maximum Gasteiger partial charge on any atom is 0.191 e. The molecule has 0 radical (unpaired) electrons. The fraction of sp³-hybridized carbons (Fsp3) is 0.650. The first-order valence-electron chi connectivity index (χ1n) is 9.52. The lowest BCUT2D eigenvalue weighted by molar-refractivity contribution is 0.105. The van der Waals surface area contributed by atoms with Crippen LogP contribution in [-0.4, -0.2) is 32.3 Å². The number of benzene rings is 1. The van der Waals surface area contributed by atoms with Crippen molar-refractivity contribution in [3.63, 3.8) is 0 Å². The van der Waals surface area contributed by atoms with Gasteiger partial charge in [0.2, 0.25) is 0 Å². The minimum Gasteiger partial charge on any atom is -0.382 e. The molecule has 25 heavy (non-hydrogen) atoms. The van der Waals surface area contributed by atoms with Crippen LogP contribution in [0.25, 0.3) is 0 Å². The second-order valence-corrected chi connectivity index (χ2v) is 6.79. The zero-order valence-electron chi connectivity index (χ0n) is 15.6. The van der Waals surface area contributed by atoms with E-state index in [4.69, 9.17) is 4.74 Å². The normalized spacial score (nSPS) is 16.8. The molecule has 0 bridgehead atoms. The highest BCUT2D eigenvalue weighted by molar-refractivity contribution is 5.79. The van der Waals surface area contributed by atoms with Crippen molar-refractivity contribution in [2.24, 2.45) is 10.4 Å². The van der Waals surface area contributed by atoms with Crippen molar-refractivity contribution in [2.45, 2.75) is 52.5 Å². The van der Waals surface area contributed by atoms with E-state index in [2.05, 4.69) is 15.6 Å². The van der Waals surface area contributed by atoms with Gasteiger partial charge in [-0.15, -0.1) is 0 Å². The Hall–Kier alpha value is -1.62. The van der Waals surface area contributed by atoms with Gasteiger partial charge < -0.3 is 15.4 Å². The molecule has 5 heteroatoms. The molecule has 0 unspecified atom stereocenters. The molecule has 1 aromatic rings. The number of aliphatic imine (C=N–C) groups is 1. The Balaban J connectivity index is 1.95. The average Bonchev–Trinajstić information content (AvgIpc) is 3.08. The van der Waals surface area contributed by atoms with Gasteiger partial charge in [-0.05, 0) is 44.6 Å². The predicted octanol–water partition coefficient (Wildman–Crippen LogP) is 3.87. The number of hydrogen-bond acceptors (Lipinski definition) is 2. The molecule has 2 N–H and O–H groups in total. The van der Waals surface area contributed by atoms with Crippen molar-refractivity contribution >= 4 is 5.96 Å². The van der Waals surface area contributed by atoms with E-state index in [0.717, 1.165) is 38.7 Å². The van der Waals surface area contributed by atoms with Crippen molar-refractivity contribution in [3.05, 3.63) is 35.6 Å². The van der Waals surface area contributed by atoms with E-state index in [9.17, 15) is 4.39 Å². The Bertz CT molecular complexity index is 541. The number of ether oxygens (including phenoxy) is 1. The molecule has 4 nitrogen and oxygen atoms in total. The van der Waals surface area contributed by atoms with Crippen LogP contribution in [0.2, 0.25) is 0 Å². The van der Waals surface area contributed by atoms with Crippen LogP contribution in [0.4, 0.5) is 4.39 Å². The molecule has 1 aliphatic carbocycles. The van der Waals surface area contributed by atoms with Crippen LogP contribution in [0.5, 0.6) is 0 Å². The van der Waals surface area contributed by atoms with Gasteiger partial charge in [0.25, 0.3) is 0 Å². The third kappa shape index (κ3) is 6.31. The molecule has 0 spiro atoms. The number of rotatable bonds is 9. The maximum absolute atomic E-state index is 13.8. The minimum absolute atomic E-state index is 0.203. The summed E-state index contributed by atoms with van der Waals surface area (Å²) in [5.41, 5.74) is 0.912. The Morgan fingerprint density at radius 3 is 2.64 bits per heavy atom. The molecule has 140 valence electrons. The molecule has 1 aromatic carbocycles. The third-order valence-electron chi connectivity index (χ3n) is 4.99. The molecule has 0 heterocycles. The molecule has 0 amide bonds. The summed E-state index contributed by atoms with van der Waals surface area (Å²) in [5.74, 6) is 0.555. The number of guanidine groups is 1. The molecule has 1 saturated carbocycles. The summed E-state index contributed by atoms with van der Waals surface area (Å²) >= 11 is 0. The highest BCUT2D eigenvalue weighted by Gasteiger charge is 2.33. The molecular weight excluding hydrogens is 317 g/mol. The number of nitrogens with zero attached hydrogens (tertiary/aromatic N) is 1. The summed E-state index contributed by atoms with van der Waals surface area (Å²) < 4.78 is 19.3. The Morgan fingerprint density at radius 1 is 1.20 bits per heavy atom. The van der Waals surface area contributed by atoms with Crippen LogP contribution in [0.3, 0.4) is 0 Å². The monoisotopic (exact) mass is 349 g/mol. The highest BCUT2D eigenvalue weighted by Crippen LogP contribution is 2.40. The zero-order valence-corrected chi connectivity index (χ0v) is 15.6. The molecule has 0 aromatic heterocycles. The highest BCUT2D eigenvalue weighted by atomic mass is 19.1. The lowest BCUT2D eigenvalue weighted by Gasteiger charge is -2.30. The second kappa shape index (κ2) is 10.4. The summed E-state index contributed by atoms with van der Waals surface area (Å²) in [6.45, 7) is 7.70. The summed E-state index contributed by atoms with van der Waals surface area (Å²) in [5, 5.41) is 6.75. The Kier molecular flexibility index (Phi) is 8.19. The first-order valence-corrected chi connectivity index (χ1v) is 9.52. The van der Waals surface area contributed by atoms with Gasteiger partial charge in [0.1, 0.15) is 5.82 Å². The average molecular weight is 349 g/mol. The van der Waals surface area contributed by atoms with Gasteiger partial charge in [0.05, 0.1) is 6.54 Å². The van der Waals surface area contributed by atoms with Crippen LogP contribution in [0.15, 0.2) is 29.3 Å². The van der Waals surface area contributed by atoms with Crippen LogP contribution in [-0.2, 0) is 11.3 Å². The van der Waals surface area contributed by atoms with Crippen molar-refractivity contribution in [1.29, 1.82) is 0 Å². The Morgan fingerprint density at radius 2 is 1.96 bits per heavy atom. The van der Waals surface area contributed by atoms with Gasteiger partial charge in [-0.3, -0.25) is 0 Å². The van der Waals surface area contributed by atoms with E-state index >= 15 is 0 Å². The molecule has 1 fully saturated rings. The summed E-state index contributed by atoms with van der Waals surface area (Å²) in [6.07, 6.45) is 6.13. The third-order valence-corrected chi connectivity index (χ3v) is 4.99. The van der Waals surface area contributed by atoms with Crippen LogP contribution < -0.4 is 10.6 Å². The SMILES string of the molecule is CCNC(=NCc1ccccc1F)NCC1(CCOCC)CCCC1. The molecule has 0 saturated heterocycles. The van der Waals surface area contributed by atoms with Crippen molar-refractivity contribution in [3.8, 4) is 0 Å². The predicted molar refractivity (Wildman–Crippen MR) is 101 cm³/mol. The largest absolute Gasteiger partial charge is 0.382 e. The first-order chi connectivity index (χ1) is 12.2. The topological polar surface area (TPSA) is 45.7 Å². The lowest BCUT2D eigenvalue weighted by atomic mass is 9.83. The fourth-order valence-corrected chi connectivity index (χ4v) is 3.48. The second-order valence-electron chi connectivity index (χ2n) is 6.79. The fourth-order valence-electron chi connectivity index (χ4n) is 3.48. The van der Waals surface area contributed by atoms with Crippen LogP contribution in [0, 0.1) is 11.2 Å². The number of nitrogens with one attached hydrogen (secondary N) is 2. The summed E-state index contributed by atoms with van der Waals surface area (Å²) in [6, 6.07) is 6.80. The zero-order chi connectivity index (χ0) is 18.0. The summed E-state index contributed by atoms with van der Waals surface area (Å²) in [4.78, 5) is 4.56. The van der Waals surface area contributed by atoms with E-state index in [-0.39, 0.29) is 5.82 Å². The van der Waals surface area contributed by atoms with E-state index in [0.29, 0.717) is 17.5 Å². The quantitative estimate of drug-likeness (QED) is 0.404. The Labute approximate surface area is 151 Å². The van der Waals surface area contributed by atoms with Crippen LogP contribution in [0.1, 0.15) is 51.5 Å². The number of halogens is 1. The summed E-state index contributed by atoms with van der Waals surface area (Å²) in [7, 11) is 0. The van der Waals surface area contributed by atoms with Crippen molar-refractivity contribution in [1.82, 2.24) is 10.6 Å². The van der Waals surface area contributed by atoms with E-state index in [1.165, 1.54) is 31.7 Å². The van der Waals surface area contributed by atoms with Gasteiger partial charge in [0.15, 0.2) is 5.96 Å². The minimum atomic E-state index is -0.203. The molecular formula is C20H32FN3O. The van der Waals surface area contributed by atoms with Crippen LogP contribution >= 0.6 is 0 Å². The first kappa shape index (κ1) is 19.7. The smallest absolute Gasteiger partial charge is 0.191 e. The molecule has 1 aliphatic rings. The van der Waals surface area contributed by atoms with E-state index in [1.54, 1.807) is 12.1 Å². The number of hydrogen-bond donors (Lipinski definition) is 2. The van der Waals surface area contributed by atoms with Gasteiger partial charge in [0, 0.05) is 31.9 Å². The van der Waals surface area contributed by atoms with Gasteiger partial charge in [-0.2, -0.15) is 0 Å². The van der Waals surface area contributed by atoms with E-state index < -0.39 is 0 Å². The standard InChI is InChI=1S/C20H32FN3O/c1-3-22-19(23-15-17-9-5-6-10-18(17)21)24-16-20(11-7-8-12-20)13-14-25-4-2/h5-6,9-10H,3-4,7-8,11-16H2,1-2H3,(H2,22,23,24). The molecule has 2 rings (SSSR count). The van der Waals surface area contributed by atoms with Gasteiger partial charge >= 0.3 is 0 Å². The van der Waals surface area contributed by atoms with E-state index in [1.807, 2.05) is 19.9 Å². The molecule has 0 aliphatic heterocycles. The van der Waals surface area contributed by atoms with Gasteiger partial charge in [-0.1, -0.05) is 31.0 Å². The maximum atomic E-state index is 13.8.